The summed E-state index contributed by atoms with van der Waals surface area (Å²) in [5.41, 5.74) is 1.18. The number of nitrogens with zero attached hydrogens (tertiary/aromatic N) is 1. The summed E-state index contributed by atoms with van der Waals surface area (Å²) in [5.74, 6) is -0.268. The second kappa shape index (κ2) is 4.44. The van der Waals surface area contributed by atoms with Gasteiger partial charge in [-0.15, -0.1) is 0 Å². The molecule has 0 saturated carbocycles. The maximum atomic E-state index is 13.6. The Morgan fingerprint density at radius 3 is 2.53 bits per heavy atom. The van der Waals surface area contributed by atoms with Gasteiger partial charge in [-0.1, -0.05) is 33.3 Å². The van der Waals surface area contributed by atoms with Crippen LogP contribution in [0.25, 0.3) is 0 Å². The van der Waals surface area contributed by atoms with Gasteiger partial charge in [0.15, 0.2) is 0 Å². The third kappa shape index (κ3) is 3.06. The molecule has 0 unspecified atom stereocenters. The lowest BCUT2D eigenvalue weighted by Gasteiger charge is -2.22. The highest BCUT2D eigenvalue weighted by molar-refractivity contribution is 5.33. The van der Waals surface area contributed by atoms with Gasteiger partial charge >= 0.3 is 0 Å². The Morgan fingerprint density at radius 1 is 1.40 bits per heavy atom. The van der Waals surface area contributed by atoms with Gasteiger partial charge in [-0.25, -0.2) is 4.39 Å². The van der Waals surface area contributed by atoms with Gasteiger partial charge in [0.05, 0.1) is 11.6 Å². The SMILES string of the molecule is CCC(C)(C)Cc1ccc(C#N)cc1F. The van der Waals surface area contributed by atoms with Gasteiger partial charge in [-0.05, 0) is 29.5 Å². The lowest BCUT2D eigenvalue weighted by molar-refractivity contribution is 0.343. The van der Waals surface area contributed by atoms with E-state index in [0.717, 1.165) is 6.42 Å². The molecule has 1 nitrogen and oxygen atoms in total. The minimum absolute atomic E-state index is 0.106. The van der Waals surface area contributed by atoms with Gasteiger partial charge in [0.25, 0.3) is 0 Å². The first-order chi connectivity index (χ1) is 6.98. The molecule has 0 aliphatic heterocycles. The number of halogens is 1. The first-order valence-electron chi connectivity index (χ1n) is 5.17. The maximum absolute atomic E-state index is 13.6. The summed E-state index contributed by atoms with van der Waals surface area (Å²) in [6, 6.07) is 6.62. The Morgan fingerprint density at radius 2 is 2.07 bits per heavy atom. The fourth-order valence-corrected chi connectivity index (χ4v) is 1.40. The summed E-state index contributed by atoms with van der Waals surface area (Å²) >= 11 is 0. The zero-order valence-corrected chi connectivity index (χ0v) is 9.47. The van der Waals surface area contributed by atoms with E-state index in [1.165, 1.54) is 6.07 Å². The molecule has 1 rings (SSSR count). The maximum Gasteiger partial charge on any atom is 0.127 e. The number of hydrogen-bond donors (Lipinski definition) is 0. The van der Waals surface area contributed by atoms with E-state index in [0.29, 0.717) is 17.5 Å². The van der Waals surface area contributed by atoms with Gasteiger partial charge in [0, 0.05) is 0 Å². The molecule has 2 heteroatoms. The molecule has 0 bridgehead atoms. The Balaban J connectivity index is 2.93. The lowest BCUT2D eigenvalue weighted by Crippen LogP contribution is -2.14. The average molecular weight is 205 g/mol. The summed E-state index contributed by atoms with van der Waals surface area (Å²) in [7, 11) is 0. The van der Waals surface area contributed by atoms with Crippen LogP contribution in [0.3, 0.4) is 0 Å². The molecule has 0 radical (unpaired) electrons. The van der Waals surface area contributed by atoms with E-state index in [-0.39, 0.29) is 11.2 Å². The van der Waals surface area contributed by atoms with Crippen LogP contribution >= 0.6 is 0 Å². The van der Waals surface area contributed by atoms with Gasteiger partial charge in [-0.2, -0.15) is 5.26 Å². The quantitative estimate of drug-likeness (QED) is 0.738. The van der Waals surface area contributed by atoms with Gasteiger partial charge < -0.3 is 0 Å². The third-order valence-corrected chi connectivity index (χ3v) is 2.81. The Kier molecular flexibility index (Phi) is 3.47. The Bertz CT molecular complexity index is 388. The number of hydrogen-bond acceptors (Lipinski definition) is 1. The van der Waals surface area contributed by atoms with Crippen LogP contribution in [-0.4, -0.2) is 0 Å². The topological polar surface area (TPSA) is 23.8 Å². The van der Waals surface area contributed by atoms with E-state index in [9.17, 15) is 4.39 Å². The summed E-state index contributed by atoms with van der Waals surface area (Å²) in [4.78, 5) is 0. The first kappa shape index (κ1) is 11.7. The smallest absolute Gasteiger partial charge is 0.127 e. The second-order valence-corrected chi connectivity index (χ2v) is 4.61. The van der Waals surface area contributed by atoms with Crippen LogP contribution in [0.5, 0.6) is 0 Å². The highest BCUT2D eigenvalue weighted by Crippen LogP contribution is 2.26. The van der Waals surface area contributed by atoms with Gasteiger partial charge in [0.1, 0.15) is 5.82 Å². The zero-order valence-electron chi connectivity index (χ0n) is 9.47. The van der Waals surface area contributed by atoms with Crippen molar-refractivity contribution in [1.29, 1.82) is 5.26 Å². The molecule has 0 aliphatic carbocycles. The summed E-state index contributed by atoms with van der Waals surface area (Å²) in [6.45, 7) is 6.33. The van der Waals surface area contributed by atoms with Crippen LogP contribution in [0.4, 0.5) is 4.39 Å². The van der Waals surface area contributed by atoms with Crippen LogP contribution in [-0.2, 0) is 6.42 Å². The van der Waals surface area contributed by atoms with Crippen molar-refractivity contribution in [2.24, 2.45) is 5.41 Å². The van der Waals surface area contributed by atoms with Crippen molar-refractivity contribution >= 4 is 0 Å². The predicted octanol–water partition coefficient (Wildman–Crippen LogP) is 3.68. The van der Waals surface area contributed by atoms with Crippen LogP contribution < -0.4 is 0 Å². The molecule has 1 aromatic rings. The van der Waals surface area contributed by atoms with Crippen molar-refractivity contribution in [3.8, 4) is 6.07 Å². The van der Waals surface area contributed by atoms with E-state index in [4.69, 9.17) is 5.26 Å². The average Bonchev–Trinajstić information content (AvgIpc) is 2.21. The Hall–Kier alpha value is -1.36. The number of rotatable bonds is 3. The number of benzene rings is 1. The highest BCUT2D eigenvalue weighted by atomic mass is 19.1. The summed E-state index contributed by atoms with van der Waals surface area (Å²) in [6.07, 6.45) is 1.72. The van der Waals surface area contributed by atoms with E-state index in [1.807, 2.05) is 6.07 Å². The molecule has 15 heavy (non-hydrogen) atoms. The molecule has 1 aromatic carbocycles. The van der Waals surface area contributed by atoms with Crippen LogP contribution in [0, 0.1) is 22.6 Å². The predicted molar refractivity (Wildman–Crippen MR) is 58.9 cm³/mol. The highest BCUT2D eigenvalue weighted by Gasteiger charge is 2.17. The molecule has 0 saturated heterocycles. The van der Waals surface area contributed by atoms with Gasteiger partial charge in [0.2, 0.25) is 0 Å². The largest absolute Gasteiger partial charge is 0.207 e. The molecular formula is C13H16FN. The van der Waals surface area contributed by atoms with E-state index < -0.39 is 0 Å². The molecule has 0 atom stereocenters. The van der Waals surface area contributed by atoms with Gasteiger partial charge in [-0.3, -0.25) is 0 Å². The summed E-state index contributed by atoms with van der Waals surface area (Å²) < 4.78 is 13.6. The normalized spacial score (nSPS) is 11.1. The third-order valence-electron chi connectivity index (χ3n) is 2.81. The molecule has 0 heterocycles. The second-order valence-electron chi connectivity index (χ2n) is 4.61. The molecule has 0 amide bonds. The van der Waals surface area contributed by atoms with Crippen molar-refractivity contribution in [2.75, 3.05) is 0 Å². The number of nitriles is 1. The molecular weight excluding hydrogens is 189 g/mol. The van der Waals surface area contributed by atoms with Crippen LogP contribution in [0.1, 0.15) is 38.3 Å². The van der Waals surface area contributed by atoms with Crippen molar-refractivity contribution in [3.05, 3.63) is 35.1 Å². The lowest BCUT2D eigenvalue weighted by atomic mass is 9.83. The molecule has 80 valence electrons. The van der Waals surface area contributed by atoms with E-state index in [1.54, 1.807) is 12.1 Å². The van der Waals surface area contributed by atoms with Crippen molar-refractivity contribution in [1.82, 2.24) is 0 Å². The monoisotopic (exact) mass is 205 g/mol. The van der Waals surface area contributed by atoms with Crippen molar-refractivity contribution < 1.29 is 4.39 Å². The van der Waals surface area contributed by atoms with E-state index in [2.05, 4.69) is 20.8 Å². The molecule has 0 aliphatic rings. The fourth-order valence-electron chi connectivity index (χ4n) is 1.40. The van der Waals surface area contributed by atoms with Crippen molar-refractivity contribution in [3.63, 3.8) is 0 Å². The summed E-state index contributed by atoms with van der Waals surface area (Å²) in [5, 5.41) is 8.62. The Labute approximate surface area is 90.5 Å². The molecule has 0 aromatic heterocycles. The van der Waals surface area contributed by atoms with Crippen molar-refractivity contribution in [2.45, 2.75) is 33.6 Å². The van der Waals surface area contributed by atoms with Crippen LogP contribution in [0.15, 0.2) is 18.2 Å². The van der Waals surface area contributed by atoms with E-state index >= 15 is 0 Å². The molecule has 0 spiro atoms. The standard InChI is InChI=1S/C13H16FN/c1-4-13(2,3)8-11-6-5-10(9-15)7-12(11)14/h5-7H,4,8H2,1-3H3. The first-order valence-corrected chi connectivity index (χ1v) is 5.17. The zero-order chi connectivity index (χ0) is 11.5. The van der Waals surface area contributed by atoms with Crippen LogP contribution in [0.2, 0.25) is 0 Å². The minimum atomic E-state index is -0.268. The minimum Gasteiger partial charge on any atom is -0.207 e. The molecule has 0 N–H and O–H groups in total. The molecule has 0 fully saturated rings. The fraction of sp³-hybridized carbons (Fsp3) is 0.462.